The van der Waals surface area contributed by atoms with E-state index in [1.54, 1.807) is 26.0 Å². The molecule has 0 spiro atoms. The van der Waals surface area contributed by atoms with Gasteiger partial charge in [0, 0.05) is 0 Å². The van der Waals surface area contributed by atoms with Crippen molar-refractivity contribution in [3.63, 3.8) is 0 Å². The molecule has 18 heavy (non-hydrogen) atoms. The van der Waals surface area contributed by atoms with Crippen molar-refractivity contribution in [3.8, 4) is 0 Å². The van der Waals surface area contributed by atoms with Crippen LogP contribution in [0.5, 0.6) is 0 Å². The van der Waals surface area contributed by atoms with Crippen LogP contribution >= 0.6 is 0 Å². The predicted octanol–water partition coefficient (Wildman–Crippen LogP) is 2.86. The largest absolute Gasteiger partial charge is 0.465 e. The van der Waals surface area contributed by atoms with Crippen LogP contribution in [0.3, 0.4) is 0 Å². The minimum atomic E-state index is -1.22. The molecule has 3 nitrogen and oxygen atoms in total. The summed E-state index contributed by atoms with van der Waals surface area (Å²) in [5.41, 5.74) is -0.277. The summed E-state index contributed by atoms with van der Waals surface area (Å²) in [4.78, 5) is 23.5. The molecular weight excluding hydrogens is 228 g/mol. The van der Waals surface area contributed by atoms with Gasteiger partial charge in [-0.2, -0.15) is 0 Å². The average Bonchev–Trinajstić information content (AvgIpc) is 2.37. The van der Waals surface area contributed by atoms with Gasteiger partial charge in [0.15, 0.2) is 5.78 Å². The molecule has 0 heterocycles. The van der Waals surface area contributed by atoms with Crippen LogP contribution in [0.2, 0.25) is 0 Å². The predicted molar refractivity (Wildman–Crippen MR) is 70.9 cm³/mol. The van der Waals surface area contributed by atoms with Gasteiger partial charge in [0.05, 0.1) is 6.61 Å². The van der Waals surface area contributed by atoms with Gasteiger partial charge in [-0.1, -0.05) is 42.5 Å². The lowest BCUT2D eigenvalue weighted by Gasteiger charge is -2.20. The van der Waals surface area contributed by atoms with Crippen LogP contribution in [0.15, 0.2) is 36.4 Å². The Morgan fingerprint density at radius 1 is 1.28 bits per heavy atom. The summed E-state index contributed by atoms with van der Waals surface area (Å²) < 4.78 is 4.95. The van der Waals surface area contributed by atoms with Crippen molar-refractivity contribution in [1.82, 2.24) is 0 Å². The molecule has 96 valence electrons. The topological polar surface area (TPSA) is 43.4 Å². The zero-order valence-corrected chi connectivity index (χ0v) is 11.0. The molecule has 0 aromatic heterocycles. The number of benzene rings is 1. The molecule has 0 saturated heterocycles. The van der Waals surface area contributed by atoms with Gasteiger partial charge in [-0.05, 0) is 26.3 Å². The lowest BCUT2D eigenvalue weighted by atomic mass is 9.85. The Balaban J connectivity index is 2.97. The number of ketones is 1. The van der Waals surface area contributed by atoms with E-state index in [2.05, 4.69) is 0 Å². The fourth-order valence-electron chi connectivity index (χ4n) is 1.44. The van der Waals surface area contributed by atoms with Crippen LogP contribution in [0.25, 0.3) is 6.08 Å². The van der Waals surface area contributed by atoms with Gasteiger partial charge in [-0.25, -0.2) is 0 Å². The molecule has 1 rings (SSSR count). The third-order valence-corrected chi connectivity index (χ3v) is 2.84. The molecule has 0 fully saturated rings. The standard InChI is InChI=1S/C15H18O3/c1-4-18-14(17)15(3,12(2)16)11-10-13-8-6-5-7-9-13/h5-11H,4H2,1-3H3/b11-10+. The molecule has 0 saturated carbocycles. The van der Waals surface area contributed by atoms with Crippen LogP contribution in [0.1, 0.15) is 26.3 Å². The zero-order valence-electron chi connectivity index (χ0n) is 11.0. The van der Waals surface area contributed by atoms with E-state index in [0.717, 1.165) is 5.56 Å². The van der Waals surface area contributed by atoms with Crippen molar-refractivity contribution >= 4 is 17.8 Å². The summed E-state index contributed by atoms with van der Waals surface area (Å²) in [5, 5.41) is 0. The SMILES string of the molecule is CCOC(=O)C(C)(/C=C/c1ccccc1)C(C)=O. The molecule has 1 atom stereocenters. The van der Waals surface area contributed by atoms with Gasteiger partial charge < -0.3 is 4.74 Å². The highest BCUT2D eigenvalue weighted by Gasteiger charge is 2.37. The van der Waals surface area contributed by atoms with Gasteiger partial charge in [0.1, 0.15) is 5.41 Å². The van der Waals surface area contributed by atoms with Crippen LogP contribution < -0.4 is 0 Å². The number of ether oxygens (including phenoxy) is 1. The van der Waals surface area contributed by atoms with E-state index in [-0.39, 0.29) is 12.4 Å². The summed E-state index contributed by atoms with van der Waals surface area (Å²) in [6, 6.07) is 9.52. The third kappa shape index (κ3) is 3.29. The number of rotatable bonds is 5. The molecule has 0 amide bonds. The first-order chi connectivity index (χ1) is 8.50. The number of hydrogen-bond acceptors (Lipinski definition) is 3. The Morgan fingerprint density at radius 3 is 2.39 bits per heavy atom. The summed E-state index contributed by atoms with van der Waals surface area (Å²) in [6.07, 6.45) is 3.36. The minimum absolute atomic E-state index is 0.229. The van der Waals surface area contributed by atoms with Gasteiger partial charge in [-0.15, -0.1) is 0 Å². The molecule has 1 aromatic carbocycles. The van der Waals surface area contributed by atoms with Gasteiger partial charge in [0.25, 0.3) is 0 Å². The van der Waals surface area contributed by atoms with Crippen LogP contribution in [0.4, 0.5) is 0 Å². The number of Topliss-reactive ketones (excluding diaryl/α,β-unsaturated/α-hetero) is 1. The summed E-state index contributed by atoms with van der Waals surface area (Å²) in [6.45, 7) is 4.96. The van der Waals surface area contributed by atoms with E-state index in [1.165, 1.54) is 6.92 Å². The zero-order chi connectivity index (χ0) is 13.6. The molecule has 0 bridgehead atoms. The van der Waals surface area contributed by atoms with Gasteiger partial charge in [-0.3, -0.25) is 9.59 Å². The average molecular weight is 246 g/mol. The van der Waals surface area contributed by atoms with Crippen molar-refractivity contribution in [1.29, 1.82) is 0 Å². The summed E-state index contributed by atoms with van der Waals surface area (Å²) >= 11 is 0. The Morgan fingerprint density at radius 2 is 1.89 bits per heavy atom. The monoisotopic (exact) mass is 246 g/mol. The molecule has 0 radical (unpaired) electrons. The molecule has 0 aliphatic carbocycles. The smallest absolute Gasteiger partial charge is 0.323 e. The maximum absolute atomic E-state index is 11.8. The van der Waals surface area contributed by atoms with Crippen molar-refractivity contribution in [2.45, 2.75) is 20.8 Å². The van der Waals surface area contributed by atoms with E-state index in [0.29, 0.717) is 0 Å². The summed E-state index contributed by atoms with van der Waals surface area (Å²) in [7, 11) is 0. The first-order valence-electron chi connectivity index (χ1n) is 5.93. The van der Waals surface area contributed by atoms with Crippen LogP contribution in [0, 0.1) is 5.41 Å². The maximum Gasteiger partial charge on any atom is 0.323 e. The molecule has 1 unspecified atom stereocenters. The number of hydrogen-bond donors (Lipinski definition) is 0. The normalized spacial score (nSPS) is 14.2. The lowest BCUT2D eigenvalue weighted by molar-refractivity contribution is -0.155. The Bertz CT molecular complexity index is 448. The van der Waals surface area contributed by atoms with E-state index in [1.807, 2.05) is 30.3 Å². The first kappa shape index (κ1) is 14.2. The van der Waals surface area contributed by atoms with Crippen molar-refractivity contribution in [3.05, 3.63) is 42.0 Å². The van der Waals surface area contributed by atoms with E-state index in [4.69, 9.17) is 4.74 Å². The Hall–Kier alpha value is -1.90. The third-order valence-electron chi connectivity index (χ3n) is 2.84. The van der Waals surface area contributed by atoms with E-state index in [9.17, 15) is 9.59 Å². The quantitative estimate of drug-likeness (QED) is 0.592. The highest BCUT2D eigenvalue weighted by Crippen LogP contribution is 2.23. The fraction of sp³-hybridized carbons (Fsp3) is 0.333. The minimum Gasteiger partial charge on any atom is -0.465 e. The molecule has 3 heteroatoms. The second-order valence-electron chi connectivity index (χ2n) is 4.22. The first-order valence-corrected chi connectivity index (χ1v) is 5.93. The lowest BCUT2D eigenvalue weighted by Crippen LogP contribution is -2.34. The molecule has 0 aliphatic heterocycles. The van der Waals surface area contributed by atoms with Crippen molar-refractivity contribution < 1.29 is 14.3 Å². The van der Waals surface area contributed by atoms with Gasteiger partial charge in [0.2, 0.25) is 0 Å². The molecular formula is C15H18O3. The van der Waals surface area contributed by atoms with Gasteiger partial charge >= 0.3 is 5.97 Å². The molecule has 0 aliphatic rings. The molecule has 1 aromatic rings. The van der Waals surface area contributed by atoms with E-state index >= 15 is 0 Å². The molecule has 0 N–H and O–H groups in total. The summed E-state index contributed by atoms with van der Waals surface area (Å²) in [5.74, 6) is -0.738. The number of esters is 1. The second-order valence-corrected chi connectivity index (χ2v) is 4.22. The second kappa shape index (κ2) is 6.15. The highest BCUT2D eigenvalue weighted by atomic mass is 16.5. The van der Waals surface area contributed by atoms with Crippen LogP contribution in [-0.4, -0.2) is 18.4 Å². The Labute approximate surface area is 107 Å². The van der Waals surface area contributed by atoms with E-state index < -0.39 is 11.4 Å². The number of carbonyl (C=O) groups is 2. The fourth-order valence-corrected chi connectivity index (χ4v) is 1.44. The van der Waals surface area contributed by atoms with Crippen molar-refractivity contribution in [2.75, 3.05) is 6.61 Å². The number of carbonyl (C=O) groups excluding carboxylic acids is 2. The maximum atomic E-state index is 11.8. The Kier molecular flexibility index (Phi) is 4.84. The highest BCUT2D eigenvalue weighted by molar-refractivity contribution is 6.05. The van der Waals surface area contributed by atoms with Crippen LogP contribution in [-0.2, 0) is 14.3 Å². The van der Waals surface area contributed by atoms with Crippen molar-refractivity contribution in [2.24, 2.45) is 5.41 Å².